The lowest BCUT2D eigenvalue weighted by atomic mass is 10.1. The molecule has 0 fully saturated rings. The minimum absolute atomic E-state index is 0.260. The monoisotopic (exact) mass is 431 g/mol. The third-order valence-corrected chi connectivity index (χ3v) is 5.19. The number of halogens is 1. The zero-order valence-corrected chi connectivity index (χ0v) is 16.1. The number of nitrogens with zero attached hydrogens (tertiary/aromatic N) is 4. The molecule has 1 aromatic carbocycles. The van der Waals surface area contributed by atoms with E-state index in [1.54, 1.807) is 10.9 Å². The molecule has 1 unspecified atom stereocenters. The number of anilines is 1. The van der Waals surface area contributed by atoms with Gasteiger partial charge in [0, 0.05) is 35.1 Å². The lowest BCUT2D eigenvalue weighted by Crippen LogP contribution is -2.28. The minimum Gasteiger partial charge on any atom is -0.382 e. The van der Waals surface area contributed by atoms with E-state index >= 15 is 0 Å². The Kier molecular flexibility index (Phi) is 4.56. The van der Waals surface area contributed by atoms with Crippen LogP contribution in [0.25, 0.3) is 11.4 Å². The number of oxime groups is 1. The van der Waals surface area contributed by atoms with Gasteiger partial charge in [-0.3, -0.25) is 14.8 Å². The number of aryl methyl sites for hydroxylation is 1. The number of hydrogen-bond donors (Lipinski definition) is 1. The first-order valence-corrected chi connectivity index (χ1v) is 9.51. The fraction of sp³-hybridized carbons (Fsp3) is 0.176. The summed E-state index contributed by atoms with van der Waals surface area (Å²) >= 11 is 4.79. The molecule has 0 spiro atoms. The topological polar surface area (TPSA) is 81.4 Å². The summed E-state index contributed by atoms with van der Waals surface area (Å²) in [6.07, 6.45) is 1.47. The molecule has 7 nitrogen and oxygen atoms in total. The van der Waals surface area contributed by atoms with E-state index in [2.05, 4.69) is 36.5 Å². The van der Waals surface area contributed by atoms with Gasteiger partial charge in [0.25, 0.3) is 5.91 Å². The summed E-state index contributed by atoms with van der Waals surface area (Å²) in [5.74, 6) is -0.260. The van der Waals surface area contributed by atoms with Crippen molar-refractivity contribution in [1.29, 1.82) is 0 Å². The van der Waals surface area contributed by atoms with Crippen LogP contribution in [0, 0.1) is 0 Å². The molecule has 0 saturated heterocycles. The number of rotatable bonds is 4. The Bertz CT molecular complexity index is 996. The number of amides is 1. The maximum atomic E-state index is 12.5. The van der Waals surface area contributed by atoms with E-state index < -0.39 is 6.10 Å². The second-order valence-electron chi connectivity index (χ2n) is 5.71. The maximum Gasteiger partial charge on any atom is 0.270 e. The predicted octanol–water partition coefficient (Wildman–Crippen LogP) is 3.44. The summed E-state index contributed by atoms with van der Waals surface area (Å²) in [6, 6.07) is 9.62. The lowest BCUT2D eigenvalue weighted by molar-refractivity contribution is -0.125. The Balaban J connectivity index is 1.41. The van der Waals surface area contributed by atoms with Gasteiger partial charge in [-0.25, -0.2) is 4.98 Å². The number of carbonyl (C=O) groups excluding carboxylic acids is 1. The number of nitrogens with one attached hydrogen (secondary N) is 1. The minimum atomic E-state index is -0.659. The van der Waals surface area contributed by atoms with Crippen LogP contribution in [0.15, 0.2) is 51.5 Å². The van der Waals surface area contributed by atoms with E-state index in [1.165, 1.54) is 11.3 Å². The maximum absolute atomic E-state index is 12.5. The van der Waals surface area contributed by atoms with Gasteiger partial charge in [-0.15, -0.1) is 11.3 Å². The molecule has 1 aliphatic rings. The molecule has 0 saturated carbocycles. The first-order chi connectivity index (χ1) is 12.6. The summed E-state index contributed by atoms with van der Waals surface area (Å²) in [5.41, 5.74) is 3.34. The van der Waals surface area contributed by atoms with Crippen molar-refractivity contribution >= 4 is 44.0 Å². The van der Waals surface area contributed by atoms with Gasteiger partial charge in [0.15, 0.2) is 5.13 Å². The van der Waals surface area contributed by atoms with Crippen molar-refractivity contribution < 1.29 is 9.63 Å². The van der Waals surface area contributed by atoms with Crippen LogP contribution >= 0.6 is 27.3 Å². The van der Waals surface area contributed by atoms with Gasteiger partial charge in [0.2, 0.25) is 6.10 Å². The van der Waals surface area contributed by atoms with Crippen molar-refractivity contribution in [2.75, 3.05) is 5.32 Å². The van der Waals surface area contributed by atoms with Crippen molar-refractivity contribution in [2.45, 2.75) is 12.5 Å². The molecule has 1 N–H and O–H groups in total. The Hall–Kier alpha value is -2.52. The van der Waals surface area contributed by atoms with E-state index in [0.29, 0.717) is 11.6 Å². The van der Waals surface area contributed by atoms with Crippen LogP contribution in [0.4, 0.5) is 5.13 Å². The molecule has 26 heavy (non-hydrogen) atoms. The van der Waals surface area contributed by atoms with Crippen molar-refractivity contribution in [3.05, 3.63) is 51.9 Å². The second-order valence-corrected chi connectivity index (χ2v) is 7.49. The van der Waals surface area contributed by atoms with Gasteiger partial charge < -0.3 is 4.84 Å². The molecule has 2 aromatic heterocycles. The number of aromatic nitrogens is 3. The van der Waals surface area contributed by atoms with E-state index in [4.69, 9.17) is 4.84 Å². The molecule has 4 rings (SSSR count). The Morgan fingerprint density at radius 3 is 3.08 bits per heavy atom. The molecule has 0 bridgehead atoms. The van der Waals surface area contributed by atoms with Crippen molar-refractivity contribution in [1.82, 2.24) is 14.8 Å². The highest BCUT2D eigenvalue weighted by Gasteiger charge is 2.29. The quantitative estimate of drug-likeness (QED) is 0.685. The third-order valence-electron chi connectivity index (χ3n) is 3.94. The highest BCUT2D eigenvalue weighted by atomic mass is 79.9. The van der Waals surface area contributed by atoms with Crippen molar-refractivity contribution in [2.24, 2.45) is 12.2 Å². The highest BCUT2D eigenvalue weighted by molar-refractivity contribution is 9.10. The molecular formula is C17H14BrN5O2S. The predicted molar refractivity (Wildman–Crippen MR) is 103 cm³/mol. The first-order valence-electron chi connectivity index (χ1n) is 7.83. The first kappa shape index (κ1) is 16.9. The Morgan fingerprint density at radius 1 is 1.42 bits per heavy atom. The average Bonchev–Trinajstić information content (AvgIpc) is 3.35. The van der Waals surface area contributed by atoms with Crippen LogP contribution in [0.1, 0.15) is 12.0 Å². The zero-order chi connectivity index (χ0) is 18.1. The van der Waals surface area contributed by atoms with E-state index in [1.807, 2.05) is 42.8 Å². The standard InChI is InChI=1S/C17H14BrN5O2S/c1-23-14(5-6-19-23)13-9-26-17(20-13)21-16(24)15-8-12(22-25-15)10-3-2-4-11(18)7-10/h2-7,9,15H,8H2,1H3,(H,20,21,24). The number of benzene rings is 1. The van der Waals surface area contributed by atoms with Crippen LogP contribution in [0.3, 0.4) is 0 Å². The number of carbonyl (C=O) groups is 1. The fourth-order valence-corrected chi connectivity index (χ4v) is 3.72. The summed E-state index contributed by atoms with van der Waals surface area (Å²) in [5, 5.41) is 13.4. The van der Waals surface area contributed by atoms with Gasteiger partial charge in [-0.1, -0.05) is 33.2 Å². The largest absolute Gasteiger partial charge is 0.382 e. The van der Waals surface area contributed by atoms with Crippen molar-refractivity contribution in [3.63, 3.8) is 0 Å². The number of thiazole rings is 1. The molecule has 9 heteroatoms. The molecule has 1 atom stereocenters. The second kappa shape index (κ2) is 7.00. The summed E-state index contributed by atoms with van der Waals surface area (Å²) < 4.78 is 2.69. The molecule has 3 aromatic rings. The SMILES string of the molecule is Cn1nccc1-c1csc(NC(=O)C2CC(c3cccc(Br)c3)=NO2)n1. The molecule has 1 aliphatic heterocycles. The molecule has 1 amide bonds. The van der Waals surface area contributed by atoms with Crippen molar-refractivity contribution in [3.8, 4) is 11.4 Å². The van der Waals surface area contributed by atoms with Gasteiger partial charge in [-0.05, 0) is 18.2 Å². The van der Waals surface area contributed by atoms with Gasteiger partial charge >= 0.3 is 0 Å². The van der Waals surface area contributed by atoms with Gasteiger partial charge in [0.1, 0.15) is 5.69 Å². The van der Waals surface area contributed by atoms with E-state index in [9.17, 15) is 4.79 Å². The fourth-order valence-electron chi connectivity index (χ4n) is 2.62. The van der Waals surface area contributed by atoms with Crippen LogP contribution in [-0.4, -0.2) is 32.5 Å². The van der Waals surface area contributed by atoms with Crippen LogP contribution in [0.2, 0.25) is 0 Å². The Morgan fingerprint density at radius 2 is 2.31 bits per heavy atom. The highest BCUT2D eigenvalue weighted by Crippen LogP contribution is 2.25. The van der Waals surface area contributed by atoms with Gasteiger partial charge in [0.05, 0.1) is 11.4 Å². The Labute approximate surface area is 161 Å². The average molecular weight is 432 g/mol. The smallest absolute Gasteiger partial charge is 0.270 e. The van der Waals surface area contributed by atoms with Gasteiger partial charge in [-0.2, -0.15) is 5.10 Å². The zero-order valence-electron chi connectivity index (χ0n) is 13.7. The lowest BCUT2D eigenvalue weighted by Gasteiger charge is -2.07. The third kappa shape index (κ3) is 3.40. The number of hydrogen-bond acceptors (Lipinski definition) is 6. The molecule has 0 radical (unpaired) electrons. The van der Waals surface area contributed by atoms with Crippen LogP contribution in [-0.2, 0) is 16.7 Å². The normalized spacial score (nSPS) is 16.2. The molecule has 132 valence electrons. The van der Waals surface area contributed by atoms with E-state index in [-0.39, 0.29) is 5.91 Å². The van der Waals surface area contributed by atoms with Crippen LogP contribution in [0.5, 0.6) is 0 Å². The summed E-state index contributed by atoms with van der Waals surface area (Å²) in [6.45, 7) is 0. The summed E-state index contributed by atoms with van der Waals surface area (Å²) in [7, 11) is 1.85. The molecule has 3 heterocycles. The molecular weight excluding hydrogens is 418 g/mol. The van der Waals surface area contributed by atoms with Crippen LogP contribution < -0.4 is 5.32 Å². The van der Waals surface area contributed by atoms with E-state index in [0.717, 1.165) is 27.1 Å². The molecule has 0 aliphatic carbocycles. The summed E-state index contributed by atoms with van der Waals surface area (Å²) in [4.78, 5) is 22.2.